The van der Waals surface area contributed by atoms with Crippen molar-refractivity contribution in [1.82, 2.24) is 10.3 Å². The van der Waals surface area contributed by atoms with Crippen LogP contribution in [0.2, 0.25) is 0 Å². The highest BCUT2D eigenvalue weighted by Crippen LogP contribution is 2.66. The number of rotatable bonds is 7. The number of Topliss-reactive ketones (excluding diaryl/α,β-unsaturated/α-hetero) is 1. The number of ketones is 1. The minimum atomic E-state index is 0.270. The Morgan fingerprint density at radius 3 is 2.42 bits per heavy atom. The van der Waals surface area contributed by atoms with Crippen LogP contribution >= 0.6 is 0 Å². The van der Waals surface area contributed by atoms with Gasteiger partial charge in [0.15, 0.2) is 5.78 Å². The number of hydrogen-bond donors (Lipinski definition) is 1. The summed E-state index contributed by atoms with van der Waals surface area (Å²) >= 11 is 0. The molecule has 1 aliphatic heterocycles. The normalized spacial score (nSPS) is 33.3. The SMILES string of the molecule is O=C(CC1CCNCC1)c1ccc(CCC23CC4CC(C2)CC(c2ccccc2)(C4)C3)nc1. The van der Waals surface area contributed by atoms with Crippen LogP contribution in [0.3, 0.4) is 0 Å². The van der Waals surface area contributed by atoms with Crippen LogP contribution in [0.15, 0.2) is 48.7 Å². The fourth-order valence-corrected chi connectivity index (χ4v) is 8.47. The summed E-state index contributed by atoms with van der Waals surface area (Å²) in [4.78, 5) is 17.5. The van der Waals surface area contributed by atoms with Gasteiger partial charge in [-0.1, -0.05) is 30.3 Å². The third-order valence-corrected chi connectivity index (χ3v) is 9.56. The standard InChI is InChI=1S/C30H38N2O/c33-28(15-22-9-12-31-13-10-22)25-6-7-27(32-20-25)8-11-29-16-23-14-24(17-29)19-30(18-23,21-29)26-4-2-1-3-5-26/h1-7,20,22-24,31H,8-19,21H2. The molecule has 0 spiro atoms. The molecular weight excluding hydrogens is 404 g/mol. The number of hydrogen-bond acceptors (Lipinski definition) is 3. The number of piperidine rings is 1. The number of carbonyl (C=O) groups excluding carboxylic acids is 1. The number of aromatic nitrogens is 1. The molecule has 174 valence electrons. The average Bonchev–Trinajstić information content (AvgIpc) is 2.84. The number of aryl methyl sites for hydroxylation is 1. The van der Waals surface area contributed by atoms with Gasteiger partial charge < -0.3 is 5.32 Å². The van der Waals surface area contributed by atoms with E-state index in [4.69, 9.17) is 4.98 Å². The maximum Gasteiger partial charge on any atom is 0.164 e. The van der Waals surface area contributed by atoms with Crippen molar-refractivity contribution >= 4 is 5.78 Å². The maximum atomic E-state index is 12.7. The molecule has 2 atom stereocenters. The summed E-state index contributed by atoms with van der Waals surface area (Å²) in [6.07, 6.45) is 15.5. The van der Waals surface area contributed by atoms with Gasteiger partial charge in [-0.2, -0.15) is 0 Å². The summed E-state index contributed by atoms with van der Waals surface area (Å²) in [6.45, 7) is 2.09. The van der Waals surface area contributed by atoms with E-state index in [0.717, 1.165) is 55.4 Å². The molecule has 1 saturated heterocycles. The van der Waals surface area contributed by atoms with Crippen molar-refractivity contribution in [2.75, 3.05) is 13.1 Å². The zero-order valence-corrected chi connectivity index (χ0v) is 19.9. The van der Waals surface area contributed by atoms with Crippen molar-refractivity contribution in [2.24, 2.45) is 23.2 Å². The molecule has 3 heteroatoms. The smallest absolute Gasteiger partial charge is 0.164 e. The van der Waals surface area contributed by atoms with Crippen molar-refractivity contribution in [3.05, 3.63) is 65.5 Å². The van der Waals surface area contributed by atoms with E-state index in [1.165, 1.54) is 44.9 Å². The highest BCUT2D eigenvalue weighted by Gasteiger charge is 2.57. The predicted octanol–water partition coefficient (Wildman–Crippen LogP) is 6.12. The third kappa shape index (κ3) is 4.30. The summed E-state index contributed by atoms with van der Waals surface area (Å²) in [5.74, 6) is 2.63. The zero-order valence-electron chi connectivity index (χ0n) is 19.9. The van der Waals surface area contributed by atoms with Crippen molar-refractivity contribution in [3.63, 3.8) is 0 Å². The van der Waals surface area contributed by atoms with E-state index in [-0.39, 0.29) is 5.78 Å². The molecule has 33 heavy (non-hydrogen) atoms. The molecule has 1 aromatic heterocycles. The Kier molecular flexibility index (Phi) is 5.64. The molecule has 0 amide bonds. The number of pyridine rings is 1. The Bertz CT molecular complexity index is 962. The van der Waals surface area contributed by atoms with Gasteiger partial charge in [0, 0.05) is 23.9 Å². The first-order chi connectivity index (χ1) is 16.1. The molecule has 0 radical (unpaired) electrons. The van der Waals surface area contributed by atoms with Crippen molar-refractivity contribution in [3.8, 4) is 0 Å². The topological polar surface area (TPSA) is 42.0 Å². The Hall–Kier alpha value is -2.00. The lowest BCUT2D eigenvalue weighted by Gasteiger charge is -2.63. The second-order valence-corrected chi connectivity index (χ2v) is 12.0. The molecule has 4 bridgehead atoms. The lowest BCUT2D eigenvalue weighted by molar-refractivity contribution is -0.0761. The van der Waals surface area contributed by atoms with Gasteiger partial charge in [-0.05, 0) is 124 Å². The summed E-state index contributed by atoms with van der Waals surface area (Å²) in [5.41, 5.74) is 4.47. The zero-order chi connectivity index (χ0) is 22.3. The quantitative estimate of drug-likeness (QED) is 0.525. The molecule has 7 rings (SSSR count). The molecule has 1 N–H and O–H groups in total. The van der Waals surface area contributed by atoms with E-state index in [1.807, 2.05) is 12.3 Å². The minimum Gasteiger partial charge on any atom is -0.317 e. The van der Waals surface area contributed by atoms with Crippen molar-refractivity contribution in [1.29, 1.82) is 0 Å². The number of carbonyl (C=O) groups is 1. The summed E-state index contributed by atoms with van der Waals surface area (Å²) in [5, 5.41) is 3.38. The van der Waals surface area contributed by atoms with Crippen molar-refractivity contribution < 1.29 is 4.79 Å². The Balaban J connectivity index is 1.12. The second-order valence-electron chi connectivity index (χ2n) is 12.0. The maximum absolute atomic E-state index is 12.7. The summed E-state index contributed by atoms with van der Waals surface area (Å²) in [6, 6.07) is 15.6. The second kappa shape index (κ2) is 8.65. The number of benzene rings is 1. The first-order valence-corrected chi connectivity index (χ1v) is 13.4. The van der Waals surface area contributed by atoms with Gasteiger partial charge in [-0.25, -0.2) is 0 Å². The molecule has 3 nitrogen and oxygen atoms in total. The highest BCUT2D eigenvalue weighted by atomic mass is 16.1. The number of nitrogens with one attached hydrogen (secondary N) is 1. The van der Waals surface area contributed by atoms with Crippen LogP contribution in [0.1, 0.15) is 85.8 Å². The van der Waals surface area contributed by atoms with Gasteiger partial charge >= 0.3 is 0 Å². The fourth-order valence-electron chi connectivity index (χ4n) is 8.47. The van der Waals surface area contributed by atoms with Crippen LogP contribution in [-0.4, -0.2) is 23.9 Å². The Morgan fingerprint density at radius 1 is 0.970 bits per heavy atom. The van der Waals surface area contributed by atoms with Gasteiger partial charge in [0.1, 0.15) is 0 Å². The van der Waals surface area contributed by atoms with Crippen molar-refractivity contribution in [2.45, 2.75) is 76.0 Å². The lowest BCUT2D eigenvalue weighted by atomic mass is 9.42. The largest absolute Gasteiger partial charge is 0.317 e. The van der Waals surface area contributed by atoms with Gasteiger partial charge in [0.05, 0.1) is 0 Å². The van der Waals surface area contributed by atoms with Crippen LogP contribution in [0.25, 0.3) is 0 Å². The molecular formula is C30H38N2O. The molecule has 2 unspecified atom stereocenters. The van der Waals surface area contributed by atoms with Crippen LogP contribution in [0, 0.1) is 23.2 Å². The van der Waals surface area contributed by atoms with E-state index in [9.17, 15) is 4.79 Å². The number of nitrogens with zero attached hydrogens (tertiary/aromatic N) is 1. The summed E-state index contributed by atoms with van der Waals surface area (Å²) < 4.78 is 0. The summed E-state index contributed by atoms with van der Waals surface area (Å²) in [7, 11) is 0. The molecule has 5 fully saturated rings. The van der Waals surface area contributed by atoms with Gasteiger partial charge in [-0.15, -0.1) is 0 Å². The van der Waals surface area contributed by atoms with E-state index in [0.29, 0.717) is 23.2 Å². The van der Waals surface area contributed by atoms with Crippen LogP contribution in [0.5, 0.6) is 0 Å². The average molecular weight is 443 g/mol. The van der Waals surface area contributed by atoms with Gasteiger partial charge in [0.2, 0.25) is 0 Å². The molecule has 2 aromatic rings. The molecule has 2 heterocycles. The van der Waals surface area contributed by atoms with Crippen LogP contribution < -0.4 is 5.32 Å². The fraction of sp³-hybridized carbons (Fsp3) is 0.600. The Labute approximate surface area is 198 Å². The highest BCUT2D eigenvalue weighted by molar-refractivity contribution is 5.95. The first-order valence-electron chi connectivity index (χ1n) is 13.4. The predicted molar refractivity (Wildman–Crippen MR) is 132 cm³/mol. The molecule has 5 aliphatic rings. The third-order valence-electron chi connectivity index (χ3n) is 9.56. The van der Waals surface area contributed by atoms with Gasteiger partial charge in [0.25, 0.3) is 0 Å². The molecule has 4 saturated carbocycles. The van der Waals surface area contributed by atoms with E-state index >= 15 is 0 Å². The van der Waals surface area contributed by atoms with E-state index < -0.39 is 0 Å². The van der Waals surface area contributed by atoms with Crippen LogP contribution in [-0.2, 0) is 11.8 Å². The Morgan fingerprint density at radius 2 is 1.73 bits per heavy atom. The first kappa shape index (κ1) is 21.5. The minimum absolute atomic E-state index is 0.270. The lowest BCUT2D eigenvalue weighted by Crippen LogP contribution is -2.54. The molecule has 4 aliphatic carbocycles. The van der Waals surface area contributed by atoms with E-state index in [1.54, 1.807) is 5.56 Å². The van der Waals surface area contributed by atoms with Crippen LogP contribution in [0.4, 0.5) is 0 Å². The van der Waals surface area contributed by atoms with E-state index in [2.05, 4.69) is 41.7 Å². The van der Waals surface area contributed by atoms with Gasteiger partial charge in [-0.3, -0.25) is 9.78 Å². The molecule has 1 aromatic carbocycles. The monoisotopic (exact) mass is 442 g/mol.